The Morgan fingerprint density at radius 2 is 1.56 bits per heavy atom. The molecule has 6 rings (SSSR count). The quantitative estimate of drug-likeness (QED) is 0.262. The monoisotopic (exact) mass is 634 g/mol. The van der Waals surface area contributed by atoms with Crippen molar-refractivity contribution in [3.05, 3.63) is 111 Å². The number of anilines is 3. The van der Waals surface area contributed by atoms with Crippen molar-refractivity contribution < 1.29 is 27.8 Å². The topological polar surface area (TPSA) is 102 Å². The second kappa shape index (κ2) is 12.2. The molecule has 9 nitrogen and oxygen atoms in total. The van der Waals surface area contributed by atoms with E-state index in [0.29, 0.717) is 36.8 Å². The molecule has 1 aromatic heterocycles. The van der Waals surface area contributed by atoms with Crippen LogP contribution >= 0.6 is 11.6 Å². The van der Waals surface area contributed by atoms with Gasteiger partial charge in [0, 0.05) is 48.9 Å². The zero-order valence-electron chi connectivity index (χ0n) is 24.4. The van der Waals surface area contributed by atoms with Crippen LogP contribution in [-0.2, 0) is 6.54 Å². The highest BCUT2D eigenvalue weighted by atomic mass is 35.5. The number of ether oxygens (including phenoxy) is 2. The highest BCUT2D eigenvalue weighted by molar-refractivity contribution is 6.32. The lowest BCUT2D eigenvalue weighted by atomic mass is 9.83. The lowest BCUT2D eigenvalue weighted by molar-refractivity contribution is 0.101. The van der Waals surface area contributed by atoms with Gasteiger partial charge < -0.3 is 29.6 Å². The standard InChI is InChI=1S/C33H29ClF2N4O5/c1-44-28-14-29(45-2)25(13-21(28)34)38-32(42)19-9-10-27(24(12-19)37-33(43)31-22(35)5-3-6-23(31)36)39-15-18-11-20(17-39)26-7-4-8-30(41)40(26)16-18/h3-10,12-14,18,20H,11,15-17H2,1-2H3,(H,37,43)(H,38,42)/t18-,20+/m1/s1. The fourth-order valence-electron chi connectivity index (χ4n) is 6.20. The summed E-state index contributed by atoms with van der Waals surface area (Å²) in [6.07, 6.45) is 0.898. The average molecular weight is 635 g/mol. The van der Waals surface area contributed by atoms with Crippen molar-refractivity contribution in [2.75, 3.05) is 42.8 Å². The number of carbonyl (C=O) groups excluding carboxylic acids is 2. The summed E-state index contributed by atoms with van der Waals surface area (Å²) in [6.45, 7) is 1.65. The van der Waals surface area contributed by atoms with Gasteiger partial charge >= 0.3 is 0 Å². The first-order valence-electron chi connectivity index (χ1n) is 14.2. The number of carbonyl (C=O) groups is 2. The van der Waals surface area contributed by atoms with Crippen molar-refractivity contribution in [1.29, 1.82) is 0 Å². The number of halogens is 3. The van der Waals surface area contributed by atoms with Crippen molar-refractivity contribution in [2.24, 2.45) is 5.92 Å². The molecule has 232 valence electrons. The SMILES string of the molecule is COc1cc(OC)c(NC(=O)c2ccc(N3C[C@H]4C[C@@H](C3)c3cccc(=O)n3C4)c(NC(=O)c3c(F)cccc3F)c2)cc1Cl. The molecule has 2 aliphatic heterocycles. The summed E-state index contributed by atoms with van der Waals surface area (Å²) in [4.78, 5) is 41.3. The number of hydrogen-bond acceptors (Lipinski definition) is 6. The van der Waals surface area contributed by atoms with E-state index in [9.17, 15) is 23.2 Å². The maximum atomic E-state index is 14.6. The molecule has 3 heterocycles. The van der Waals surface area contributed by atoms with Crippen LogP contribution in [0.25, 0.3) is 0 Å². The fraction of sp³-hybridized carbons (Fsp3) is 0.242. The highest BCUT2D eigenvalue weighted by Gasteiger charge is 2.35. The van der Waals surface area contributed by atoms with Gasteiger partial charge in [0.15, 0.2) is 0 Å². The predicted molar refractivity (Wildman–Crippen MR) is 167 cm³/mol. The average Bonchev–Trinajstić information content (AvgIpc) is 3.01. The van der Waals surface area contributed by atoms with Crippen molar-refractivity contribution in [1.82, 2.24) is 4.57 Å². The molecule has 2 N–H and O–H groups in total. The summed E-state index contributed by atoms with van der Waals surface area (Å²) in [5.74, 6) is -2.70. The van der Waals surface area contributed by atoms with Crippen molar-refractivity contribution in [2.45, 2.75) is 18.9 Å². The molecule has 2 atom stereocenters. The van der Waals surface area contributed by atoms with E-state index in [2.05, 4.69) is 15.5 Å². The molecular weight excluding hydrogens is 606 g/mol. The number of pyridine rings is 1. The number of benzene rings is 3. The summed E-state index contributed by atoms with van der Waals surface area (Å²) in [5, 5.41) is 5.67. The Labute approximate surface area is 262 Å². The van der Waals surface area contributed by atoms with E-state index in [1.54, 1.807) is 24.3 Å². The van der Waals surface area contributed by atoms with E-state index in [1.807, 2.05) is 10.6 Å². The summed E-state index contributed by atoms with van der Waals surface area (Å²) in [6, 6.07) is 16.2. The molecule has 0 aliphatic carbocycles. The largest absolute Gasteiger partial charge is 0.495 e. The smallest absolute Gasteiger partial charge is 0.261 e. The van der Waals surface area contributed by atoms with Gasteiger partial charge in [0.25, 0.3) is 17.4 Å². The Kier molecular flexibility index (Phi) is 8.20. The molecule has 2 amide bonds. The van der Waals surface area contributed by atoms with E-state index in [0.717, 1.165) is 24.2 Å². The lowest BCUT2D eigenvalue weighted by Crippen LogP contribution is -2.47. The molecule has 4 aromatic rings. The first-order chi connectivity index (χ1) is 21.7. The fourth-order valence-corrected chi connectivity index (χ4v) is 6.44. The van der Waals surface area contributed by atoms with Crippen LogP contribution in [0.2, 0.25) is 5.02 Å². The Balaban J connectivity index is 1.36. The number of methoxy groups -OCH3 is 2. The zero-order chi connectivity index (χ0) is 31.8. The molecule has 2 aliphatic rings. The minimum Gasteiger partial charge on any atom is -0.495 e. The first kappa shape index (κ1) is 30.1. The summed E-state index contributed by atoms with van der Waals surface area (Å²) in [7, 11) is 2.89. The zero-order valence-corrected chi connectivity index (χ0v) is 25.2. The van der Waals surface area contributed by atoms with Crippen molar-refractivity contribution in [3.63, 3.8) is 0 Å². The third-order valence-corrected chi connectivity index (χ3v) is 8.53. The van der Waals surface area contributed by atoms with Gasteiger partial charge in [0.1, 0.15) is 28.7 Å². The van der Waals surface area contributed by atoms with Crippen molar-refractivity contribution in [3.8, 4) is 11.5 Å². The summed E-state index contributed by atoms with van der Waals surface area (Å²) in [5.41, 5.74) is 1.37. The van der Waals surface area contributed by atoms with Crippen LogP contribution in [0, 0.1) is 17.6 Å². The van der Waals surface area contributed by atoms with Crippen molar-refractivity contribution >= 4 is 40.5 Å². The third kappa shape index (κ3) is 5.83. The Morgan fingerprint density at radius 1 is 0.844 bits per heavy atom. The van der Waals surface area contributed by atoms with E-state index in [1.165, 1.54) is 38.5 Å². The number of aromatic nitrogens is 1. The normalized spacial score (nSPS) is 16.9. The van der Waals surface area contributed by atoms with Gasteiger partial charge in [-0.2, -0.15) is 0 Å². The van der Waals surface area contributed by atoms with Gasteiger partial charge in [-0.05, 0) is 54.8 Å². The predicted octanol–water partition coefficient (Wildman–Crippen LogP) is 5.93. The van der Waals surface area contributed by atoms with Crippen LogP contribution in [-0.4, -0.2) is 43.7 Å². The second-order valence-electron chi connectivity index (χ2n) is 11.0. The van der Waals surface area contributed by atoms with Crippen LogP contribution in [0.5, 0.6) is 11.5 Å². The molecule has 0 spiro atoms. The minimum absolute atomic E-state index is 0.0411. The molecule has 45 heavy (non-hydrogen) atoms. The van der Waals surface area contributed by atoms with Gasteiger partial charge in [-0.3, -0.25) is 14.4 Å². The van der Waals surface area contributed by atoms with Gasteiger partial charge in [-0.25, -0.2) is 8.78 Å². The van der Waals surface area contributed by atoms with E-state index in [-0.39, 0.29) is 39.4 Å². The Morgan fingerprint density at radius 3 is 2.29 bits per heavy atom. The molecule has 0 radical (unpaired) electrons. The van der Waals surface area contributed by atoms with Gasteiger partial charge in [0.2, 0.25) is 0 Å². The molecule has 1 fully saturated rings. The number of hydrogen-bond donors (Lipinski definition) is 2. The van der Waals surface area contributed by atoms with Crippen LogP contribution < -0.4 is 30.6 Å². The summed E-state index contributed by atoms with van der Waals surface area (Å²) < 4.78 is 41.5. The van der Waals surface area contributed by atoms with Crippen LogP contribution in [0.3, 0.4) is 0 Å². The number of nitrogens with one attached hydrogen (secondary N) is 2. The maximum absolute atomic E-state index is 14.6. The van der Waals surface area contributed by atoms with E-state index >= 15 is 0 Å². The number of rotatable bonds is 7. The molecule has 0 unspecified atom stereocenters. The third-order valence-electron chi connectivity index (χ3n) is 8.24. The molecule has 0 saturated carbocycles. The lowest BCUT2D eigenvalue weighted by Gasteiger charge is -2.44. The second-order valence-corrected chi connectivity index (χ2v) is 11.4. The first-order valence-corrected chi connectivity index (χ1v) is 14.6. The minimum atomic E-state index is -1.01. The van der Waals surface area contributed by atoms with Crippen LogP contribution in [0.1, 0.15) is 38.7 Å². The number of fused-ring (bicyclic) bond motifs is 4. The summed E-state index contributed by atoms with van der Waals surface area (Å²) >= 11 is 6.28. The molecule has 12 heteroatoms. The van der Waals surface area contributed by atoms with E-state index in [4.69, 9.17) is 21.1 Å². The molecular formula is C33H29ClF2N4O5. The van der Waals surface area contributed by atoms with Gasteiger partial charge in [-0.1, -0.05) is 23.7 Å². The Hall–Kier alpha value is -4.90. The van der Waals surface area contributed by atoms with Gasteiger partial charge in [0.05, 0.1) is 36.3 Å². The number of amides is 2. The molecule has 1 saturated heterocycles. The number of nitrogens with zero attached hydrogens (tertiary/aromatic N) is 2. The highest BCUT2D eigenvalue weighted by Crippen LogP contribution is 2.40. The number of piperidine rings is 1. The van der Waals surface area contributed by atoms with E-state index < -0.39 is 29.0 Å². The van der Waals surface area contributed by atoms with Crippen LogP contribution in [0.15, 0.2) is 71.5 Å². The van der Waals surface area contributed by atoms with Gasteiger partial charge in [-0.15, -0.1) is 0 Å². The van der Waals surface area contributed by atoms with Crippen LogP contribution in [0.4, 0.5) is 25.8 Å². The Bertz CT molecular complexity index is 1860. The maximum Gasteiger partial charge on any atom is 0.261 e. The molecule has 2 bridgehead atoms. The molecule has 3 aromatic carbocycles.